The summed E-state index contributed by atoms with van der Waals surface area (Å²) in [6, 6.07) is 20.0. The molecule has 0 unspecified atom stereocenters. The maximum Gasteiger partial charge on any atom is 0.232 e. The summed E-state index contributed by atoms with van der Waals surface area (Å²) in [5, 5.41) is 3.80. The van der Waals surface area contributed by atoms with Gasteiger partial charge >= 0.3 is 0 Å². The van der Waals surface area contributed by atoms with Crippen molar-refractivity contribution in [3.63, 3.8) is 0 Å². The molecule has 1 N–H and O–H groups in total. The Morgan fingerprint density at radius 1 is 1.02 bits per heavy atom. The summed E-state index contributed by atoms with van der Waals surface area (Å²) in [5.74, 6) is 2.06. The minimum atomic E-state index is -0.351. The van der Waals surface area contributed by atoms with Gasteiger partial charge in [-0.05, 0) is 110 Å². The smallest absolute Gasteiger partial charge is 0.232 e. The van der Waals surface area contributed by atoms with E-state index in [1.807, 2.05) is 55.1 Å². The third-order valence-corrected chi connectivity index (χ3v) is 9.56. The summed E-state index contributed by atoms with van der Waals surface area (Å²) in [4.78, 5) is 29.9. The molecule has 2 amide bonds. The van der Waals surface area contributed by atoms with Gasteiger partial charge in [-0.2, -0.15) is 0 Å². The first-order valence-electron chi connectivity index (χ1n) is 16.3. The van der Waals surface area contributed by atoms with Crippen LogP contribution in [-0.4, -0.2) is 44.7 Å². The lowest BCUT2D eigenvalue weighted by atomic mass is 9.85. The van der Waals surface area contributed by atoms with Crippen LogP contribution in [0.15, 0.2) is 60.7 Å². The molecule has 7 nitrogen and oxygen atoms in total. The molecule has 5 rings (SSSR count). The second-order valence-electron chi connectivity index (χ2n) is 12.5. The molecule has 1 aliphatic heterocycles. The van der Waals surface area contributed by atoms with Crippen LogP contribution in [0.1, 0.15) is 82.0 Å². The quantitative estimate of drug-likeness (QED) is 0.235. The van der Waals surface area contributed by atoms with Crippen LogP contribution in [0.5, 0.6) is 11.5 Å². The molecule has 1 aliphatic carbocycles. The minimum absolute atomic E-state index is 0.0214. The van der Waals surface area contributed by atoms with Crippen molar-refractivity contribution in [2.75, 3.05) is 30.5 Å². The number of nitrogens with one attached hydrogen (secondary N) is 1. The van der Waals surface area contributed by atoms with Crippen LogP contribution >= 0.6 is 11.6 Å². The van der Waals surface area contributed by atoms with Gasteiger partial charge in [0.15, 0.2) is 11.5 Å². The van der Waals surface area contributed by atoms with Crippen molar-refractivity contribution in [1.82, 2.24) is 5.32 Å². The zero-order chi connectivity index (χ0) is 32.1. The number of hydrogen-bond donors (Lipinski definition) is 1. The van der Waals surface area contributed by atoms with Crippen molar-refractivity contribution < 1.29 is 19.1 Å². The summed E-state index contributed by atoms with van der Waals surface area (Å²) >= 11 is 6.28. The molecule has 0 radical (unpaired) electrons. The Balaban J connectivity index is 1.39. The second-order valence-corrected chi connectivity index (χ2v) is 12.9. The fraction of sp³-hybridized carbons (Fsp3) is 0.459. The molecule has 45 heavy (non-hydrogen) atoms. The highest BCUT2D eigenvalue weighted by molar-refractivity contribution is 6.30. The predicted octanol–water partition coefficient (Wildman–Crippen LogP) is 7.73. The topological polar surface area (TPSA) is 71.1 Å². The average Bonchev–Trinajstić information content (AvgIpc) is 3.05. The van der Waals surface area contributed by atoms with Crippen molar-refractivity contribution in [3.8, 4) is 11.5 Å². The van der Waals surface area contributed by atoms with Gasteiger partial charge in [0.1, 0.15) is 0 Å². The van der Waals surface area contributed by atoms with E-state index in [1.165, 1.54) is 0 Å². The van der Waals surface area contributed by atoms with E-state index >= 15 is 0 Å². The van der Waals surface area contributed by atoms with Crippen LogP contribution in [0.25, 0.3) is 0 Å². The highest BCUT2D eigenvalue weighted by Gasteiger charge is 2.36. The molecule has 0 spiro atoms. The van der Waals surface area contributed by atoms with Crippen molar-refractivity contribution >= 4 is 34.8 Å². The van der Waals surface area contributed by atoms with Crippen molar-refractivity contribution in [2.24, 2.45) is 5.92 Å². The van der Waals surface area contributed by atoms with Crippen molar-refractivity contribution in [3.05, 3.63) is 82.4 Å². The Labute approximate surface area is 272 Å². The first-order chi connectivity index (χ1) is 21.7. The van der Waals surface area contributed by atoms with Gasteiger partial charge in [0.2, 0.25) is 11.8 Å². The molecule has 1 heterocycles. The predicted molar refractivity (Wildman–Crippen MR) is 182 cm³/mol. The third kappa shape index (κ3) is 7.58. The molecule has 0 aromatic heterocycles. The molecule has 8 heteroatoms. The molecule has 0 saturated heterocycles. The number of benzene rings is 3. The lowest BCUT2D eigenvalue weighted by Gasteiger charge is -2.38. The van der Waals surface area contributed by atoms with Crippen molar-refractivity contribution in [2.45, 2.75) is 83.9 Å². The van der Waals surface area contributed by atoms with E-state index in [-0.39, 0.29) is 30.4 Å². The van der Waals surface area contributed by atoms with Gasteiger partial charge in [-0.3, -0.25) is 9.59 Å². The van der Waals surface area contributed by atoms with Crippen LogP contribution in [-0.2, 0) is 16.0 Å². The zero-order valence-corrected chi connectivity index (χ0v) is 27.9. The molecule has 1 fully saturated rings. The van der Waals surface area contributed by atoms with E-state index < -0.39 is 0 Å². The maximum atomic E-state index is 13.9. The van der Waals surface area contributed by atoms with E-state index in [2.05, 4.69) is 48.5 Å². The number of carbonyl (C=O) groups is 2. The zero-order valence-electron chi connectivity index (χ0n) is 27.1. The van der Waals surface area contributed by atoms with Crippen LogP contribution in [0.4, 0.5) is 11.4 Å². The minimum Gasteiger partial charge on any atom is -0.493 e. The number of amides is 2. The molecule has 2 aliphatic rings. The van der Waals surface area contributed by atoms with E-state index in [0.29, 0.717) is 34.9 Å². The normalized spacial score (nSPS) is 20.3. The van der Waals surface area contributed by atoms with E-state index in [9.17, 15) is 9.59 Å². The molecule has 1 saturated carbocycles. The maximum absolute atomic E-state index is 13.9. The lowest BCUT2D eigenvalue weighted by Crippen LogP contribution is -2.41. The Bertz CT molecular complexity index is 1470. The van der Waals surface area contributed by atoms with Crippen molar-refractivity contribution in [1.29, 1.82) is 0 Å². The number of ether oxygens (including phenoxy) is 2. The van der Waals surface area contributed by atoms with Gasteiger partial charge in [0, 0.05) is 42.5 Å². The van der Waals surface area contributed by atoms with Crippen LogP contribution in [0, 0.1) is 5.92 Å². The standard InChI is InChI=1S/C37H46ClN3O4/c1-6-24(3)45-34-22-32-27(20-33(34)44-5)21-36(43)41(37(32)26-10-12-28(38)13-11-26)31-18-16-30(17-19-31)40(4)23-25-8-14-29(15-9-25)39-35(42)7-2/h10-13,16-20,22,24-25,29,37H,6-9,14-15,21,23H2,1-5H3,(H,39,42)/t24-,25?,29?,37-/m1/s1. The number of anilines is 2. The number of hydrogen-bond acceptors (Lipinski definition) is 5. The summed E-state index contributed by atoms with van der Waals surface area (Å²) in [6.45, 7) is 6.99. The van der Waals surface area contributed by atoms with Gasteiger partial charge in [0.05, 0.1) is 25.7 Å². The third-order valence-electron chi connectivity index (χ3n) is 9.31. The Morgan fingerprint density at radius 3 is 2.33 bits per heavy atom. The molecule has 3 aromatic rings. The molecule has 3 aromatic carbocycles. The fourth-order valence-electron chi connectivity index (χ4n) is 6.55. The number of halogens is 1. The Morgan fingerprint density at radius 2 is 1.71 bits per heavy atom. The SMILES string of the molecule is CCC(=O)NC1CCC(CN(C)c2ccc(N3C(=O)Cc4cc(OC)c(O[C@H](C)CC)cc4[C@H]3c3ccc(Cl)cc3)cc2)CC1. The number of rotatable bonds is 11. The number of carbonyl (C=O) groups excluding carboxylic acids is 2. The number of fused-ring (bicyclic) bond motifs is 1. The largest absolute Gasteiger partial charge is 0.493 e. The molecule has 0 bridgehead atoms. The Kier molecular flexibility index (Phi) is 10.6. The first-order valence-corrected chi connectivity index (χ1v) is 16.6. The molecule has 2 atom stereocenters. The summed E-state index contributed by atoms with van der Waals surface area (Å²) in [5.41, 5.74) is 4.88. The highest BCUT2D eigenvalue weighted by Crippen LogP contribution is 2.44. The van der Waals surface area contributed by atoms with Gasteiger partial charge in [0.25, 0.3) is 0 Å². The summed E-state index contributed by atoms with van der Waals surface area (Å²) in [7, 11) is 3.76. The van der Waals surface area contributed by atoms with Gasteiger partial charge in [-0.1, -0.05) is 37.6 Å². The summed E-state index contributed by atoms with van der Waals surface area (Å²) in [6.07, 6.45) is 5.97. The first kappa shape index (κ1) is 32.7. The van der Waals surface area contributed by atoms with Gasteiger partial charge < -0.3 is 24.6 Å². The molecular formula is C37H46ClN3O4. The fourth-order valence-corrected chi connectivity index (χ4v) is 6.68. The molecular weight excluding hydrogens is 586 g/mol. The number of nitrogens with zero attached hydrogens (tertiary/aromatic N) is 2. The summed E-state index contributed by atoms with van der Waals surface area (Å²) < 4.78 is 12.0. The van der Waals surface area contributed by atoms with E-state index in [0.717, 1.165) is 66.7 Å². The van der Waals surface area contributed by atoms with Gasteiger partial charge in [-0.25, -0.2) is 0 Å². The monoisotopic (exact) mass is 631 g/mol. The van der Waals surface area contributed by atoms with Crippen LogP contribution in [0.3, 0.4) is 0 Å². The average molecular weight is 632 g/mol. The highest BCUT2D eigenvalue weighted by atomic mass is 35.5. The number of methoxy groups -OCH3 is 1. The second kappa shape index (κ2) is 14.6. The van der Waals surface area contributed by atoms with Crippen LogP contribution in [0.2, 0.25) is 5.02 Å². The van der Waals surface area contributed by atoms with E-state index in [4.69, 9.17) is 21.1 Å². The lowest BCUT2D eigenvalue weighted by molar-refractivity contribution is -0.121. The van der Waals surface area contributed by atoms with Gasteiger partial charge in [-0.15, -0.1) is 0 Å². The van der Waals surface area contributed by atoms with Crippen LogP contribution < -0.4 is 24.6 Å². The Hall–Kier alpha value is -3.71. The van der Waals surface area contributed by atoms with E-state index in [1.54, 1.807) is 7.11 Å². The molecule has 240 valence electrons.